The van der Waals surface area contributed by atoms with E-state index in [1.54, 1.807) is 37.4 Å². The number of para-hydroxylation sites is 1. The Morgan fingerprint density at radius 3 is 2.74 bits per heavy atom. The Labute approximate surface area is 199 Å². The molecule has 7 nitrogen and oxygen atoms in total. The van der Waals surface area contributed by atoms with Crippen molar-refractivity contribution in [1.82, 2.24) is 9.55 Å². The third-order valence-electron chi connectivity index (χ3n) is 5.31. The Hall–Kier alpha value is -4.04. The minimum absolute atomic E-state index is 0.0750. The third-order valence-corrected chi connectivity index (χ3v) is 6.25. The Morgan fingerprint density at radius 2 is 1.91 bits per heavy atom. The summed E-state index contributed by atoms with van der Waals surface area (Å²) in [5.74, 6) is 0.479. The molecule has 34 heavy (non-hydrogen) atoms. The van der Waals surface area contributed by atoms with Crippen LogP contribution < -0.4 is 15.6 Å². The second-order valence-electron chi connectivity index (χ2n) is 7.72. The summed E-state index contributed by atoms with van der Waals surface area (Å²) in [6.07, 6.45) is 0. The van der Waals surface area contributed by atoms with Gasteiger partial charge in [0.05, 0.1) is 18.6 Å². The molecular weight excluding hydrogens is 450 g/mol. The number of carbonyl (C=O) groups is 1. The Balaban J connectivity index is 1.57. The fraction of sp³-hybridized carbons (Fsp3) is 0.115. The summed E-state index contributed by atoms with van der Waals surface area (Å²) in [5, 5.41) is 4.03. The fourth-order valence-corrected chi connectivity index (χ4v) is 4.55. The first-order chi connectivity index (χ1) is 16.5. The molecule has 170 valence electrons. The maximum Gasteiger partial charge on any atom is 0.302 e. The highest BCUT2D eigenvalue weighted by molar-refractivity contribution is 7.99. The number of benzene rings is 3. The summed E-state index contributed by atoms with van der Waals surface area (Å²) in [6, 6.07) is 22.1. The number of hydrogen-bond donors (Lipinski definition) is 1. The number of ether oxygens (including phenoxy) is 1. The van der Waals surface area contributed by atoms with Crippen LogP contribution >= 0.6 is 11.8 Å². The van der Waals surface area contributed by atoms with Gasteiger partial charge in [-0.3, -0.25) is 14.2 Å². The number of anilines is 1. The molecule has 0 aliphatic carbocycles. The molecule has 0 atom stereocenters. The number of aromatic nitrogens is 2. The summed E-state index contributed by atoms with van der Waals surface area (Å²) in [7, 11) is 1.56. The van der Waals surface area contributed by atoms with E-state index in [0.717, 1.165) is 16.6 Å². The van der Waals surface area contributed by atoms with E-state index in [4.69, 9.17) is 14.1 Å². The van der Waals surface area contributed by atoms with Crippen LogP contribution in [0.1, 0.15) is 5.56 Å². The molecule has 0 aliphatic heterocycles. The van der Waals surface area contributed by atoms with Crippen LogP contribution in [0.5, 0.6) is 5.75 Å². The van der Waals surface area contributed by atoms with Crippen LogP contribution in [0, 0.1) is 6.92 Å². The first-order valence-electron chi connectivity index (χ1n) is 10.6. The molecule has 0 saturated heterocycles. The molecule has 2 aromatic heterocycles. The van der Waals surface area contributed by atoms with E-state index in [2.05, 4.69) is 5.32 Å². The van der Waals surface area contributed by atoms with Gasteiger partial charge < -0.3 is 14.5 Å². The molecule has 1 amide bonds. The zero-order valence-corrected chi connectivity index (χ0v) is 19.4. The van der Waals surface area contributed by atoms with Gasteiger partial charge >= 0.3 is 5.56 Å². The van der Waals surface area contributed by atoms with Gasteiger partial charge in [-0.25, -0.2) is 4.98 Å². The average Bonchev–Trinajstić information content (AvgIpc) is 3.22. The predicted octanol–water partition coefficient (Wildman–Crippen LogP) is 5.18. The first-order valence-corrected chi connectivity index (χ1v) is 11.6. The third kappa shape index (κ3) is 4.15. The smallest absolute Gasteiger partial charge is 0.302 e. The predicted molar refractivity (Wildman–Crippen MR) is 134 cm³/mol. The van der Waals surface area contributed by atoms with E-state index in [1.165, 1.54) is 16.3 Å². The standard InChI is InChI=1S/C26H21N3O4S/c1-16-7-5-8-17(13-16)27-22(30)15-34-26-28-23-20-11-3-4-12-21(20)33-24(23)25(31)29(26)18-9-6-10-19(14-18)32-2/h3-14H,15H2,1-2H3,(H,27,30). The van der Waals surface area contributed by atoms with Crippen molar-refractivity contribution in [1.29, 1.82) is 0 Å². The number of thioether (sulfide) groups is 1. The van der Waals surface area contributed by atoms with Crippen molar-refractivity contribution in [2.45, 2.75) is 12.1 Å². The highest BCUT2D eigenvalue weighted by atomic mass is 32.2. The van der Waals surface area contributed by atoms with Crippen LogP contribution in [0.2, 0.25) is 0 Å². The molecule has 1 N–H and O–H groups in total. The van der Waals surface area contributed by atoms with Gasteiger partial charge in [0.25, 0.3) is 0 Å². The lowest BCUT2D eigenvalue weighted by atomic mass is 10.2. The normalized spacial score (nSPS) is 11.1. The molecule has 0 unspecified atom stereocenters. The van der Waals surface area contributed by atoms with Gasteiger partial charge in [0.15, 0.2) is 5.16 Å². The number of aryl methyl sites for hydroxylation is 1. The number of fused-ring (bicyclic) bond motifs is 3. The van der Waals surface area contributed by atoms with Gasteiger partial charge in [0, 0.05) is 17.1 Å². The highest BCUT2D eigenvalue weighted by Gasteiger charge is 2.20. The average molecular weight is 472 g/mol. The molecule has 0 saturated carbocycles. The van der Waals surface area contributed by atoms with Gasteiger partial charge in [-0.2, -0.15) is 0 Å². The van der Waals surface area contributed by atoms with Crippen LogP contribution in [0.15, 0.2) is 87.2 Å². The molecule has 3 aromatic carbocycles. The molecule has 0 spiro atoms. The summed E-state index contributed by atoms with van der Waals surface area (Å²) in [5.41, 5.74) is 3.21. The Bertz CT molecular complexity index is 1590. The quantitative estimate of drug-likeness (QED) is 0.271. The van der Waals surface area contributed by atoms with Crippen LogP contribution in [0.4, 0.5) is 5.69 Å². The number of hydrogen-bond acceptors (Lipinski definition) is 6. The molecule has 0 fully saturated rings. The van der Waals surface area contributed by atoms with Crippen molar-refractivity contribution in [3.8, 4) is 11.4 Å². The molecule has 0 radical (unpaired) electrons. The largest absolute Gasteiger partial charge is 0.497 e. The lowest BCUT2D eigenvalue weighted by Crippen LogP contribution is -2.22. The molecule has 0 bridgehead atoms. The van der Waals surface area contributed by atoms with E-state index in [9.17, 15) is 9.59 Å². The van der Waals surface area contributed by atoms with Crippen LogP contribution in [0.25, 0.3) is 27.8 Å². The SMILES string of the molecule is COc1cccc(-n2c(SCC(=O)Nc3cccc(C)c3)nc3c(oc4ccccc43)c2=O)c1. The Morgan fingerprint density at radius 1 is 1.09 bits per heavy atom. The molecule has 5 aromatic rings. The summed E-state index contributed by atoms with van der Waals surface area (Å²) in [4.78, 5) is 31.0. The number of nitrogens with zero attached hydrogens (tertiary/aromatic N) is 2. The lowest BCUT2D eigenvalue weighted by molar-refractivity contribution is -0.113. The highest BCUT2D eigenvalue weighted by Crippen LogP contribution is 2.29. The number of methoxy groups -OCH3 is 1. The van der Waals surface area contributed by atoms with E-state index in [0.29, 0.717) is 27.7 Å². The number of amides is 1. The monoisotopic (exact) mass is 471 g/mol. The fourth-order valence-electron chi connectivity index (χ4n) is 3.75. The van der Waals surface area contributed by atoms with E-state index in [-0.39, 0.29) is 22.8 Å². The van der Waals surface area contributed by atoms with Crippen molar-refractivity contribution in [3.63, 3.8) is 0 Å². The maximum atomic E-state index is 13.6. The summed E-state index contributed by atoms with van der Waals surface area (Å²) >= 11 is 1.19. The van der Waals surface area contributed by atoms with Crippen molar-refractivity contribution in [3.05, 3.63) is 88.7 Å². The Kier molecular flexibility index (Phi) is 5.81. The number of rotatable bonds is 6. The van der Waals surface area contributed by atoms with Crippen LogP contribution in [-0.4, -0.2) is 28.3 Å². The van der Waals surface area contributed by atoms with Gasteiger partial charge in [-0.15, -0.1) is 0 Å². The van der Waals surface area contributed by atoms with Crippen molar-refractivity contribution >= 4 is 45.4 Å². The van der Waals surface area contributed by atoms with Crippen molar-refractivity contribution in [2.24, 2.45) is 0 Å². The van der Waals surface area contributed by atoms with Crippen LogP contribution in [0.3, 0.4) is 0 Å². The van der Waals surface area contributed by atoms with Gasteiger partial charge in [0.2, 0.25) is 11.5 Å². The zero-order valence-electron chi connectivity index (χ0n) is 18.6. The van der Waals surface area contributed by atoms with E-state index >= 15 is 0 Å². The molecule has 8 heteroatoms. The summed E-state index contributed by atoms with van der Waals surface area (Å²) < 4.78 is 12.6. The minimum atomic E-state index is -0.351. The second kappa shape index (κ2) is 9.07. The number of carbonyl (C=O) groups excluding carboxylic acids is 1. The molecular formula is C26H21N3O4S. The lowest BCUT2D eigenvalue weighted by Gasteiger charge is -2.13. The van der Waals surface area contributed by atoms with E-state index < -0.39 is 0 Å². The molecule has 2 heterocycles. The van der Waals surface area contributed by atoms with Crippen molar-refractivity contribution in [2.75, 3.05) is 18.2 Å². The summed E-state index contributed by atoms with van der Waals surface area (Å²) in [6.45, 7) is 1.96. The molecule has 5 rings (SSSR count). The number of nitrogens with one attached hydrogen (secondary N) is 1. The second-order valence-corrected chi connectivity index (χ2v) is 8.66. The topological polar surface area (TPSA) is 86.4 Å². The molecule has 0 aliphatic rings. The maximum absolute atomic E-state index is 13.6. The van der Waals surface area contributed by atoms with Crippen LogP contribution in [-0.2, 0) is 4.79 Å². The first kappa shape index (κ1) is 21.8. The van der Waals surface area contributed by atoms with Gasteiger partial charge in [0.1, 0.15) is 16.8 Å². The van der Waals surface area contributed by atoms with E-state index in [1.807, 2.05) is 49.4 Å². The zero-order chi connectivity index (χ0) is 23.7. The number of furan rings is 1. The minimum Gasteiger partial charge on any atom is -0.497 e. The van der Waals surface area contributed by atoms with Gasteiger partial charge in [-0.1, -0.05) is 42.1 Å². The van der Waals surface area contributed by atoms with Gasteiger partial charge in [-0.05, 0) is 48.9 Å². The van der Waals surface area contributed by atoms with Crippen molar-refractivity contribution < 1.29 is 13.9 Å².